The minimum atomic E-state index is -0.268. The van der Waals surface area contributed by atoms with Gasteiger partial charge >= 0.3 is 0 Å². The van der Waals surface area contributed by atoms with E-state index < -0.39 is 0 Å². The van der Waals surface area contributed by atoms with Gasteiger partial charge in [0.25, 0.3) is 0 Å². The van der Waals surface area contributed by atoms with Crippen LogP contribution in [-0.2, 0) is 22.4 Å². The molecule has 2 aliphatic rings. The first kappa shape index (κ1) is 20.2. The average molecular weight is 383 g/mol. The van der Waals surface area contributed by atoms with Crippen molar-refractivity contribution in [2.45, 2.75) is 70.4 Å². The molecule has 2 amide bonds. The van der Waals surface area contributed by atoms with Gasteiger partial charge in [0.15, 0.2) is 0 Å². The number of hydrogen-bond acceptors (Lipinski definition) is 4. The fourth-order valence-corrected chi connectivity index (χ4v) is 3.71. The Morgan fingerprint density at radius 1 is 1.46 bits per heavy atom. The van der Waals surface area contributed by atoms with Gasteiger partial charge in [0.1, 0.15) is 5.82 Å². The summed E-state index contributed by atoms with van der Waals surface area (Å²) in [5.74, 6) is 3.45. The number of terminal acetylenes is 1. The molecule has 0 bridgehead atoms. The normalized spacial score (nSPS) is 16.3. The van der Waals surface area contributed by atoms with E-state index in [4.69, 9.17) is 6.42 Å². The number of hydrogen-bond donors (Lipinski definition) is 2. The number of aryl methyl sites for hydroxylation is 1. The SMILES string of the molecule is C#CC(CC)NC(=O)CN(C(=O)CCCc1ccnc2c1CCCN2)C1CC1. The number of anilines is 1. The van der Waals surface area contributed by atoms with E-state index in [0.29, 0.717) is 12.8 Å². The van der Waals surface area contributed by atoms with Crippen LogP contribution in [0.5, 0.6) is 0 Å². The number of fused-ring (bicyclic) bond motifs is 1. The van der Waals surface area contributed by atoms with Crippen molar-refractivity contribution in [1.82, 2.24) is 15.2 Å². The molecule has 150 valence electrons. The van der Waals surface area contributed by atoms with E-state index in [1.807, 2.05) is 13.1 Å². The van der Waals surface area contributed by atoms with Gasteiger partial charge in [-0.1, -0.05) is 12.8 Å². The Morgan fingerprint density at radius 2 is 2.29 bits per heavy atom. The minimum absolute atomic E-state index is 0.0625. The number of nitrogens with one attached hydrogen (secondary N) is 2. The highest BCUT2D eigenvalue weighted by Gasteiger charge is 2.33. The molecule has 0 spiro atoms. The number of aromatic nitrogens is 1. The first-order valence-electron chi connectivity index (χ1n) is 10.4. The second-order valence-electron chi connectivity index (χ2n) is 7.63. The Balaban J connectivity index is 1.51. The Labute approximate surface area is 167 Å². The zero-order chi connectivity index (χ0) is 19.9. The minimum Gasteiger partial charge on any atom is -0.370 e. The smallest absolute Gasteiger partial charge is 0.240 e. The summed E-state index contributed by atoms with van der Waals surface area (Å²) < 4.78 is 0. The van der Waals surface area contributed by atoms with E-state index in [2.05, 4.69) is 27.6 Å². The van der Waals surface area contributed by atoms with Gasteiger partial charge in [-0.05, 0) is 62.1 Å². The first-order valence-corrected chi connectivity index (χ1v) is 10.4. The summed E-state index contributed by atoms with van der Waals surface area (Å²) in [5, 5.41) is 6.16. The second kappa shape index (κ2) is 9.59. The van der Waals surface area contributed by atoms with Crippen molar-refractivity contribution in [2.24, 2.45) is 0 Å². The molecule has 6 heteroatoms. The summed E-state index contributed by atoms with van der Waals surface area (Å²) in [6.07, 6.45) is 14.2. The van der Waals surface area contributed by atoms with E-state index >= 15 is 0 Å². The number of rotatable bonds is 9. The fraction of sp³-hybridized carbons (Fsp3) is 0.591. The Bertz CT molecular complexity index is 751. The van der Waals surface area contributed by atoms with Crippen LogP contribution in [0.3, 0.4) is 0 Å². The molecule has 0 saturated heterocycles. The lowest BCUT2D eigenvalue weighted by Gasteiger charge is -2.23. The summed E-state index contributed by atoms with van der Waals surface area (Å²) in [6.45, 7) is 3.01. The standard InChI is InChI=1S/C22H30N4O2/c1-3-17(4-2)25-20(27)15-26(18-10-11-18)21(28)9-5-7-16-12-14-24-22-19(16)8-6-13-23-22/h1,12,14,17-18H,4-11,13,15H2,2H3,(H,23,24)(H,25,27). The quantitative estimate of drug-likeness (QED) is 0.643. The molecule has 1 unspecified atom stereocenters. The molecule has 1 aliphatic heterocycles. The van der Waals surface area contributed by atoms with Crippen LogP contribution < -0.4 is 10.6 Å². The summed E-state index contributed by atoms with van der Waals surface area (Å²) in [5.41, 5.74) is 2.57. The van der Waals surface area contributed by atoms with Crippen molar-refractivity contribution >= 4 is 17.6 Å². The zero-order valence-electron chi connectivity index (χ0n) is 16.7. The molecule has 1 fully saturated rings. The van der Waals surface area contributed by atoms with Gasteiger partial charge in [0.2, 0.25) is 11.8 Å². The molecule has 1 atom stereocenters. The van der Waals surface area contributed by atoms with Crippen molar-refractivity contribution in [1.29, 1.82) is 0 Å². The van der Waals surface area contributed by atoms with Gasteiger partial charge in [-0.25, -0.2) is 4.98 Å². The van der Waals surface area contributed by atoms with Crippen LogP contribution in [0.25, 0.3) is 0 Å². The summed E-state index contributed by atoms with van der Waals surface area (Å²) in [7, 11) is 0. The summed E-state index contributed by atoms with van der Waals surface area (Å²) >= 11 is 0. The van der Waals surface area contributed by atoms with Crippen molar-refractivity contribution in [3.63, 3.8) is 0 Å². The maximum atomic E-state index is 12.7. The molecule has 6 nitrogen and oxygen atoms in total. The third-order valence-corrected chi connectivity index (χ3v) is 5.45. The lowest BCUT2D eigenvalue weighted by Crippen LogP contribution is -2.44. The molecule has 1 aliphatic carbocycles. The van der Waals surface area contributed by atoms with Crippen molar-refractivity contribution in [2.75, 3.05) is 18.4 Å². The molecule has 0 aromatic carbocycles. The van der Waals surface area contributed by atoms with Crippen LogP contribution in [0.1, 0.15) is 56.6 Å². The molecule has 1 saturated carbocycles. The molecule has 0 radical (unpaired) electrons. The highest BCUT2D eigenvalue weighted by molar-refractivity contribution is 5.85. The zero-order valence-corrected chi connectivity index (χ0v) is 16.7. The molecule has 28 heavy (non-hydrogen) atoms. The molecular weight excluding hydrogens is 352 g/mol. The summed E-state index contributed by atoms with van der Waals surface area (Å²) in [6, 6.07) is 2.00. The monoisotopic (exact) mass is 382 g/mol. The highest BCUT2D eigenvalue weighted by atomic mass is 16.2. The van der Waals surface area contributed by atoms with Crippen molar-refractivity contribution in [3.8, 4) is 12.3 Å². The Hall–Kier alpha value is -2.55. The van der Waals surface area contributed by atoms with Crippen LogP contribution in [-0.4, -0.2) is 46.9 Å². The van der Waals surface area contributed by atoms with Crippen molar-refractivity contribution in [3.05, 3.63) is 23.4 Å². The predicted octanol–water partition coefficient (Wildman–Crippen LogP) is 2.28. The average Bonchev–Trinajstić information content (AvgIpc) is 3.55. The van der Waals surface area contributed by atoms with Gasteiger partial charge in [-0.2, -0.15) is 0 Å². The summed E-state index contributed by atoms with van der Waals surface area (Å²) in [4.78, 5) is 31.2. The molecule has 1 aromatic heterocycles. The van der Waals surface area contributed by atoms with Gasteiger partial charge in [0, 0.05) is 25.2 Å². The van der Waals surface area contributed by atoms with Gasteiger partial charge in [0.05, 0.1) is 12.6 Å². The molecule has 2 heterocycles. The maximum Gasteiger partial charge on any atom is 0.240 e. The Morgan fingerprint density at radius 3 is 3.00 bits per heavy atom. The van der Waals surface area contributed by atoms with E-state index in [0.717, 1.165) is 50.9 Å². The largest absolute Gasteiger partial charge is 0.370 e. The number of amides is 2. The van der Waals surface area contributed by atoms with E-state index in [9.17, 15) is 9.59 Å². The lowest BCUT2D eigenvalue weighted by atomic mass is 9.97. The molecular formula is C22H30N4O2. The van der Waals surface area contributed by atoms with Crippen molar-refractivity contribution < 1.29 is 9.59 Å². The molecule has 1 aromatic rings. The third-order valence-electron chi connectivity index (χ3n) is 5.45. The first-order chi connectivity index (χ1) is 13.6. The predicted molar refractivity (Wildman–Crippen MR) is 110 cm³/mol. The molecule has 2 N–H and O–H groups in total. The third kappa shape index (κ3) is 5.25. The topological polar surface area (TPSA) is 74.3 Å². The van der Waals surface area contributed by atoms with Crippen LogP contribution in [0.4, 0.5) is 5.82 Å². The van der Waals surface area contributed by atoms with Gasteiger partial charge < -0.3 is 15.5 Å². The lowest BCUT2D eigenvalue weighted by molar-refractivity contribution is -0.136. The second-order valence-corrected chi connectivity index (χ2v) is 7.63. The van der Waals surface area contributed by atoms with Gasteiger partial charge in [-0.15, -0.1) is 6.42 Å². The highest BCUT2D eigenvalue weighted by Crippen LogP contribution is 2.28. The number of pyridine rings is 1. The number of carbonyl (C=O) groups excluding carboxylic acids is 2. The molecule has 3 rings (SSSR count). The van der Waals surface area contributed by atoms with E-state index in [1.165, 1.54) is 11.1 Å². The van der Waals surface area contributed by atoms with Crippen LogP contribution in [0.2, 0.25) is 0 Å². The van der Waals surface area contributed by atoms with E-state index in [-0.39, 0.29) is 30.4 Å². The van der Waals surface area contributed by atoms with Crippen LogP contribution in [0, 0.1) is 12.3 Å². The fourth-order valence-electron chi connectivity index (χ4n) is 3.71. The maximum absolute atomic E-state index is 12.7. The Kier molecular flexibility index (Phi) is 6.91. The van der Waals surface area contributed by atoms with Gasteiger partial charge in [-0.3, -0.25) is 9.59 Å². The van der Waals surface area contributed by atoms with Crippen LogP contribution in [0.15, 0.2) is 12.3 Å². The van der Waals surface area contributed by atoms with Crippen LogP contribution >= 0.6 is 0 Å². The number of carbonyl (C=O) groups is 2. The van der Waals surface area contributed by atoms with E-state index in [1.54, 1.807) is 4.90 Å². The number of nitrogens with zero attached hydrogens (tertiary/aromatic N) is 2.